The third kappa shape index (κ3) is 3.39. The Morgan fingerprint density at radius 3 is 2.71 bits per heavy atom. The number of anilines is 1. The summed E-state index contributed by atoms with van der Waals surface area (Å²) in [5.41, 5.74) is 2.37. The molecular formula is C18H16F3N5OS. The van der Waals surface area contributed by atoms with Crippen LogP contribution in [0.15, 0.2) is 24.5 Å². The Hall–Kier alpha value is -2.75. The summed E-state index contributed by atoms with van der Waals surface area (Å²) in [5.74, 6) is -0.233. The van der Waals surface area contributed by atoms with Crippen molar-refractivity contribution >= 4 is 23.1 Å². The number of pyridine rings is 1. The minimum absolute atomic E-state index is 0.0431. The van der Waals surface area contributed by atoms with E-state index in [4.69, 9.17) is 0 Å². The zero-order valence-electron chi connectivity index (χ0n) is 15.0. The van der Waals surface area contributed by atoms with Gasteiger partial charge in [-0.05, 0) is 49.3 Å². The Balaban J connectivity index is 1.67. The molecular weight excluding hydrogens is 391 g/mol. The van der Waals surface area contributed by atoms with Crippen molar-refractivity contribution in [2.24, 2.45) is 7.05 Å². The van der Waals surface area contributed by atoms with Crippen molar-refractivity contribution in [3.05, 3.63) is 46.4 Å². The second kappa shape index (κ2) is 6.69. The predicted molar refractivity (Wildman–Crippen MR) is 98.2 cm³/mol. The Kier molecular flexibility index (Phi) is 4.45. The van der Waals surface area contributed by atoms with E-state index in [1.807, 2.05) is 14.0 Å². The molecule has 1 fully saturated rings. The fourth-order valence-electron chi connectivity index (χ4n) is 2.99. The Bertz CT molecular complexity index is 1050. The highest BCUT2D eigenvalue weighted by molar-refractivity contribution is 7.08. The number of rotatable bonds is 4. The number of nitrogens with zero attached hydrogens (tertiary/aromatic N) is 4. The molecule has 0 aromatic carbocycles. The molecule has 0 saturated heterocycles. The topological polar surface area (TPSA) is 72.7 Å². The number of halogens is 3. The van der Waals surface area contributed by atoms with E-state index in [1.54, 1.807) is 10.9 Å². The van der Waals surface area contributed by atoms with Crippen LogP contribution in [0.4, 0.5) is 18.9 Å². The van der Waals surface area contributed by atoms with Gasteiger partial charge in [-0.15, -0.1) is 0 Å². The highest BCUT2D eigenvalue weighted by Crippen LogP contribution is 2.47. The average Bonchev–Trinajstić information content (AvgIpc) is 3.30. The Morgan fingerprint density at radius 2 is 2.11 bits per heavy atom. The third-order valence-electron chi connectivity index (χ3n) is 4.72. The molecule has 1 N–H and O–H groups in total. The lowest BCUT2D eigenvalue weighted by molar-refractivity contribution is -0.141. The first kappa shape index (κ1) is 18.6. The molecule has 0 unspecified atom stereocenters. The van der Waals surface area contributed by atoms with Gasteiger partial charge in [-0.25, -0.2) is 0 Å². The molecule has 3 heterocycles. The number of aryl methyl sites for hydroxylation is 1. The molecule has 1 saturated carbocycles. The van der Waals surface area contributed by atoms with Gasteiger partial charge in [0.25, 0.3) is 5.91 Å². The number of carbonyl (C=O) groups excluding carboxylic acids is 1. The van der Waals surface area contributed by atoms with Crippen LogP contribution in [0.5, 0.6) is 0 Å². The molecule has 3 aromatic rings. The molecule has 10 heteroatoms. The highest BCUT2D eigenvalue weighted by Gasteiger charge is 2.35. The monoisotopic (exact) mass is 407 g/mol. The molecule has 0 spiro atoms. The van der Waals surface area contributed by atoms with Gasteiger partial charge in [0.1, 0.15) is 10.6 Å². The van der Waals surface area contributed by atoms with Crippen molar-refractivity contribution in [2.45, 2.75) is 31.9 Å². The van der Waals surface area contributed by atoms with E-state index in [1.165, 1.54) is 6.07 Å². The van der Waals surface area contributed by atoms with Crippen LogP contribution >= 0.6 is 11.5 Å². The summed E-state index contributed by atoms with van der Waals surface area (Å²) in [7, 11) is 1.83. The summed E-state index contributed by atoms with van der Waals surface area (Å²) in [4.78, 5) is 16.5. The second-order valence-corrected chi connectivity index (χ2v) is 7.47. The molecule has 0 atom stereocenters. The molecule has 28 heavy (non-hydrogen) atoms. The van der Waals surface area contributed by atoms with Gasteiger partial charge in [-0.3, -0.25) is 14.5 Å². The van der Waals surface area contributed by atoms with E-state index in [0.717, 1.165) is 59.2 Å². The van der Waals surface area contributed by atoms with Crippen molar-refractivity contribution in [3.63, 3.8) is 0 Å². The Morgan fingerprint density at radius 1 is 1.36 bits per heavy atom. The lowest BCUT2D eigenvalue weighted by atomic mass is 10.0. The van der Waals surface area contributed by atoms with Crippen molar-refractivity contribution in [1.82, 2.24) is 19.1 Å². The van der Waals surface area contributed by atoms with Gasteiger partial charge in [0.2, 0.25) is 0 Å². The standard InChI is InChI=1S/C18H16F3N5OS/c1-9-12(8-23-26(9)2)15-14(10-3-4-10)16(28-25-15)17(27)24-11-5-6-22-13(7-11)18(19,20)21/h5-8,10H,3-4H2,1-2H3,(H,22,24,27). The number of alkyl halides is 3. The van der Waals surface area contributed by atoms with Gasteiger partial charge in [-0.2, -0.15) is 22.6 Å². The largest absolute Gasteiger partial charge is 0.433 e. The summed E-state index contributed by atoms with van der Waals surface area (Å²) in [6.07, 6.45) is 0.0835. The zero-order chi connectivity index (χ0) is 20.1. The molecule has 0 aliphatic heterocycles. The molecule has 0 radical (unpaired) electrons. The SMILES string of the molecule is Cc1c(-c2nsc(C(=O)Nc3ccnc(C(F)(F)F)c3)c2C2CC2)cnn1C. The maximum Gasteiger partial charge on any atom is 0.433 e. The fraction of sp³-hybridized carbons (Fsp3) is 0.333. The maximum absolute atomic E-state index is 12.8. The average molecular weight is 407 g/mol. The zero-order valence-corrected chi connectivity index (χ0v) is 15.9. The van der Waals surface area contributed by atoms with Gasteiger partial charge >= 0.3 is 6.18 Å². The van der Waals surface area contributed by atoms with Crippen LogP contribution in [-0.4, -0.2) is 25.0 Å². The van der Waals surface area contributed by atoms with E-state index in [2.05, 4.69) is 19.8 Å². The number of hydrogen-bond donors (Lipinski definition) is 1. The number of hydrogen-bond acceptors (Lipinski definition) is 5. The lowest BCUT2D eigenvalue weighted by Gasteiger charge is -2.09. The third-order valence-corrected chi connectivity index (χ3v) is 5.58. The molecule has 1 amide bonds. The molecule has 6 nitrogen and oxygen atoms in total. The van der Waals surface area contributed by atoms with Crippen LogP contribution < -0.4 is 5.32 Å². The van der Waals surface area contributed by atoms with E-state index in [-0.39, 0.29) is 11.6 Å². The minimum Gasteiger partial charge on any atom is -0.321 e. The van der Waals surface area contributed by atoms with Gasteiger partial charge < -0.3 is 5.32 Å². The normalized spacial score (nSPS) is 14.3. The van der Waals surface area contributed by atoms with Gasteiger partial charge in [0.05, 0.1) is 11.9 Å². The lowest BCUT2D eigenvalue weighted by Crippen LogP contribution is -2.14. The summed E-state index contributed by atoms with van der Waals surface area (Å²) in [6, 6.07) is 2.15. The number of carbonyl (C=O) groups is 1. The van der Waals surface area contributed by atoms with Crippen LogP contribution in [0, 0.1) is 6.92 Å². The van der Waals surface area contributed by atoms with Gasteiger partial charge in [-0.1, -0.05) is 0 Å². The quantitative estimate of drug-likeness (QED) is 0.696. The summed E-state index contributed by atoms with van der Waals surface area (Å²) >= 11 is 1.06. The smallest absolute Gasteiger partial charge is 0.321 e. The van der Waals surface area contributed by atoms with Crippen LogP contribution in [0.25, 0.3) is 11.3 Å². The highest BCUT2D eigenvalue weighted by atomic mass is 32.1. The second-order valence-electron chi connectivity index (χ2n) is 6.70. The van der Waals surface area contributed by atoms with Crippen molar-refractivity contribution in [3.8, 4) is 11.3 Å². The van der Waals surface area contributed by atoms with Gasteiger partial charge in [0.15, 0.2) is 0 Å². The summed E-state index contributed by atoms with van der Waals surface area (Å²) in [6.45, 7) is 1.92. The molecule has 3 aromatic heterocycles. The first-order valence-electron chi connectivity index (χ1n) is 8.59. The van der Waals surface area contributed by atoms with Crippen molar-refractivity contribution in [2.75, 3.05) is 5.32 Å². The van der Waals surface area contributed by atoms with E-state index in [0.29, 0.717) is 4.88 Å². The minimum atomic E-state index is -4.57. The number of aromatic nitrogens is 4. The first-order chi connectivity index (χ1) is 13.3. The molecule has 1 aliphatic carbocycles. The Labute approximate surface area is 162 Å². The van der Waals surface area contributed by atoms with Crippen molar-refractivity contribution < 1.29 is 18.0 Å². The fourth-order valence-corrected chi connectivity index (χ4v) is 3.86. The molecule has 1 aliphatic rings. The maximum atomic E-state index is 12.8. The molecule has 0 bridgehead atoms. The van der Waals surface area contributed by atoms with E-state index < -0.39 is 17.8 Å². The van der Waals surface area contributed by atoms with E-state index >= 15 is 0 Å². The predicted octanol–water partition coefficient (Wildman–Crippen LogP) is 4.40. The van der Waals surface area contributed by atoms with Crippen LogP contribution in [-0.2, 0) is 13.2 Å². The van der Waals surface area contributed by atoms with E-state index in [9.17, 15) is 18.0 Å². The van der Waals surface area contributed by atoms with Crippen LogP contribution in [0.2, 0.25) is 0 Å². The molecule has 4 rings (SSSR count). The summed E-state index contributed by atoms with van der Waals surface area (Å²) in [5, 5.41) is 6.78. The number of nitrogens with one attached hydrogen (secondary N) is 1. The summed E-state index contributed by atoms with van der Waals surface area (Å²) < 4.78 is 44.8. The number of amides is 1. The van der Waals surface area contributed by atoms with Gasteiger partial charge in [0, 0.05) is 35.8 Å². The molecule has 146 valence electrons. The van der Waals surface area contributed by atoms with Crippen LogP contribution in [0.3, 0.4) is 0 Å². The van der Waals surface area contributed by atoms with Crippen molar-refractivity contribution in [1.29, 1.82) is 0 Å². The first-order valence-corrected chi connectivity index (χ1v) is 9.36. The van der Waals surface area contributed by atoms with Crippen LogP contribution in [0.1, 0.15) is 45.4 Å².